The zero-order valence-electron chi connectivity index (χ0n) is 10.7. The topological polar surface area (TPSA) is 39.2 Å². The third-order valence-corrected chi connectivity index (χ3v) is 3.55. The number of ether oxygens (including phenoxy) is 1. The van der Waals surface area contributed by atoms with Gasteiger partial charge >= 0.3 is 5.97 Å². The fourth-order valence-electron chi connectivity index (χ4n) is 1.97. The molecule has 0 saturated heterocycles. The van der Waals surface area contributed by atoms with Crippen LogP contribution in [0, 0.1) is 0 Å². The van der Waals surface area contributed by atoms with Crippen LogP contribution in [-0.2, 0) is 0 Å². The fraction of sp³-hybridized carbons (Fsp3) is 0. The Morgan fingerprint density at radius 2 is 1.76 bits per heavy atom. The first kappa shape index (κ1) is 13.9. The van der Waals surface area contributed by atoms with Gasteiger partial charge in [-0.1, -0.05) is 41.4 Å². The van der Waals surface area contributed by atoms with Crippen LogP contribution in [0.15, 0.2) is 54.7 Å². The molecule has 5 heteroatoms. The van der Waals surface area contributed by atoms with E-state index in [1.54, 1.807) is 48.7 Å². The highest BCUT2D eigenvalue weighted by Gasteiger charge is 2.16. The van der Waals surface area contributed by atoms with Gasteiger partial charge in [0.25, 0.3) is 0 Å². The summed E-state index contributed by atoms with van der Waals surface area (Å²) in [5, 5.41) is 1.39. The molecule has 0 fully saturated rings. The molecule has 21 heavy (non-hydrogen) atoms. The monoisotopic (exact) mass is 317 g/mol. The molecule has 0 aliphatic rings. The van der Waals surface area contributed by atoms with Gasteiger partial charge in [0, 0.05) is 11.6 Å². The number of esters is 1. The van der Waals surface area contributed by atoms with Crippen molar-refractivity contribution in [3.8, 4) is 5.75 Å². The van der Waals surface area contributed by atoms with Gasteiger partial charge in [-0.05, 0) is 30.3 Å². The highest BCUT2D eigenvalue weighted by Crippen LogP contribution is 2.37. The summed E-state index contributed by atoms with van der Waals surface area (Å²) < 4.78 is 5.41. The van der Waals surface area contributed by atoms with Crippen LogP contribution in [-0.4, -0.2) is 11.0 Å². The van der Waals surface area contributed by atoms with E-state index in [0.717, 1.165) is 0 Å². The van der Waals surface area contributed by atoms with Crippen molar-refractivity contribution < 1.29 is 9.53 Å². The summed E-state index contributed by atoms with van der Waals surface area (Å²) in [7, 11) is 0. The number of hydrogen-bond donors (Lipinski definition) is 0. The minimum absolute atomic E-state index is 0.213. The number of rotatable bonds is 2. The number of pyridine rings is 1. The second-order valence-corrected chi connectivity index (χ2v) is 5.14. The molecule has 3 aromatic rings. The summed E-state index contributed by atoms with van der Waals surface area (Å²) in [6, 6.07) is 13.8. The van der Waals surface area contributed by atoms with E-state index in [9.17, 15) is 4.79 Å². The van der Waals surface area contributed by atoms with Crippen LogP contribution in [0.5, 0.6) is 5.75 Å². The summed E-state index contributed by atoms with van der Waals surface area (Å²) in [5.74, 6) is -0.280. The Kier molecular flexibility index (Phi) is 3.78. The summed E-state index contributed by atoms with van der Waals surface area (Å²) in [6.07, 6.45) is 1.59. The molecule has 104 valence electrons. The lowest BCUT2D eigenvalue weighted by Gasteiger charge is -2.10. The molecular formula is C16H9Cl2NO2. The summed E-state index contributed by atoms with van der Waals surface area (Å²) in [6.45, 7) is 0. The first-order chi connectivity index (χ1) is 10.2. The van der Waals surface area contributed by atoms with E-state index in [-0.39, 0.29) is 10.8 Å². The quantitative estimate of drug-likeness (QED) is 0.505. The van der Waals surface area contributed by atoms with Crippen LogP contribution in [0.25, 0.3) is 10.9 Å². The maximum atomic E-state index is 12.2. The zero-order valence-corrected chi connectivity index (χ0v) is 12.2. The van der Waals surface area contributed by atoms with Gasteiger partial charge in [0.1, 0.15) is 5.52 Å². The van der Waals surface area contributed by atoms with E-state index in [4.69, 9.17) is 27.9 Å². The van der Waals surface area contributed by atoms with E-state index in [2.05, 4.69) is 4.98 Å². The van der Waals surface area contributed by atoms with Gasteiger partial charge in [0.05, 0.1) is 15.6 Å². The molecule has 0 bridgehead atoms. The fourth-order valence-corrected chi connectivity index (χ4v) is 2.52. The number of carbonyl (C=O) groups is 1. The van der Waals surface area contributed by atoms with Crippen molar-refractivity contribution in [2.24, 2.45) is 0 Å². The van der Waals surface area contributed by atoms with Crippen molar-refractivity contribution in [3.63, 3.8) is 0 Å². The van der Waals surface area contributed by atoms with Crippen LogP contribution in [0.3, 0.4) is 0 Å². The van der Waals surface area contributed by atoms with Crippen molar-refractivity contribution in [2.45, 2.75) is 0 Å². The molecule has 3 rings (SSSR count). The Balaban J connectivity index is 2.07. The van der Waals surface area contributed by atoms with Crippen LogP contribution in [0.2, 0.25) is 10.0 Å². The molecule has 0 unspecified atom stereocenters. The van der Waals surface area contributed by atoms with Crippen molar-refractivity contribution in [1.82, 2.24) is 4.98 Å². The van der Waals surface area contributed by atoms with E-state index >= 15 is 0 Å². The van der Waals surface area contributed by atoms with Crippen LogP contribution < -0.4 is 4.74 Å². The molecule has 2 aromatic carbocycles. The minimum atomic E-state index is -0.494. The molecule has 3 nitrogen and oxygen atoms in total. The van der Waals surface area contributed by atoms with Gasteiger partial charge in [-0.3, -0.25) is 4.98 Å². The second-order valence-electron chi connectivity index (χ2n) is 4.32. The largest absolute Gasteiger partial charge is 0.419 e. The highest BCUT2D eigenvalue weighted by molar-refractivity contribution is 6.39. The number of halogens is 2. The molecule has 1 aromatic heterocycles. The van der Waals surface area contributed by atoms with Gasteiger partial charge < -0.3 is 4.74 Å². The average Bonchev–Trinajstić information content (AvgIpc) is 2.52. The number of benzene rings is 2. The molecule has 0 N–H and O–H groups in total. The van der Waals surface area contributed by atoms with Gasteiger partial charge in [-0.2, -0.15) is 0 Å². The lowest BCUT2D eigenvalue weighted by molar-refractivity contribution is 0.0737. The number of hydrogen-bond acceptors (Lipinski definition) is 3. The van der Waals surface area contributed by atoms with Gasteiger partial charge in [-0.15, -0.1) is 0 Å². The van der Waals surface area contributed by atoms with Gasteiger partial charge in [-0.25, -0.2) is 4.79 Å². The highest BCUT2D eigenvalue weighted by atomic mass is 35.5. The van der Waals surface area contributed by atoms with Crippen molar-refractivity contribution in [3.05, 3.63) is 70.3 Å². The number of carbonyl (C=O) groups excluding carboxylic acids is 1. The standard InChI is InChI=1S/C16H9Cl2NO2/c17-12-9-13(18)15(14-11(12)7-4-8-19-14)21-16(20)10-5-2-1-3-6-10/h1-9H. The Hall–Kier alpha value is -2.10. The molecular weight excluding hydrogens is 309 g/mol. The third kappa shape index (κ3) is 2.71. The number of aromatic nitrogens is 1. The lowest BCUT2D eigenvalue weighted by Crippen LogP contribution is -2.09. The first-order valence-corrected chi connectivity index (χ1v) is 6.92. The predicted octanol–water partition coefficient (Wildman–Crippen LogP) is 4.76. The second kappa shape index (κ2) is 5.72. The Labute approximate surface area is 131 Å². The van der Waals surface area contributed by atoms with E-state index in [1.807, 2.05) is 6.07 Å². The molecule has 0 amide bonds. The summed E-state index contributed by atoms with van der Waals surface area (Å²) >= 11 is 12.3. The molecule has 0 saturated carbocycles. The maximum Gasteiger partial charge on any atom is 0.343 e. The Morgan fingerprint density at radius 3 is 2.52 bits per heavy atom. The first-order valence-electron chi connectivity index (χ1n) is 6.17. The van der Waals surface area contributed by atoms with E-state index in [1.165, 1.54) is 0 Å². The smallest absolute Gasteiger partial charge is 0.343 e. The molecule has 0 aliphatic heterocycles. The van der Waals surface area contributed by atoms with Crippen molar-refractivity contribution >= 4 is 40.1 Å². The Bertz CT molecular complexity index is 819. The SMILES string of the molecule is O=C(Oc1c(Cl)cc(Cl)c2cccnc12)c1ccccc1. The third-order valence-electron chi connectivity index (χ3n) is 2.95. The normalized spacial score (nSPS) is 10.6. The van der Waals surface area contributed by atoms with E-state index in [0.29, 0.717) is 21.5 Å². The molecule has 0 atom stereocenters. The summed E-state index contributed by atoms with van der Waals surface area (Å²) in [5.41, 5.74) is 0.895. The van der Waals surface area contributed by atoms with Crippen LogP contribution in [0.1, 0.15) is 10.4 Å². The molecule has 0 aliphatic carbocycles. The van der Waals surface area contributed by atoms with Crippen LogP contribution in [0.4, 0.5) is 0 Å². The van der Waals surface area contributed by atoms with Gasteiger partial charge in [0.15, 0.2) is 5.75 Å². The zero-order chi connectivity index (χ0) is 14.8. The lowest BCUT2D eigenvalue weighted by atomic mass is 10.2. The number of nitrogens with zero attached hydrogens (tertiary/aromatic N) is 1. The predicted molar refractivity (Wildman–Crippen MR) is 83.2 cm³/mol. The van der Waals surface area contributed by atoms with Crippen molar-refractivity contribution in [1.29, 1.82) is 0 Å². The minimum Gasteiger partial charge on any atom is -0.419 e. The van der Waals surface area contributed by atoms with Gasteiger partial charge in [0.2, 0.25) is 0 Å². The molecule has 1 heterocycles. The van der Waals surface area contributed by atoms with E-state index < -0.39 is 5.97 Å². The Morgan fingerprint density at radius 1 is 1.00 bits per heavy atom. The average molecular weight is 318 g/mol. The maximum absolute atomic E-state index is 12.2. The molecule has 0 spiro atoms. The molecule has 0 radical (unpaired) electrons. The summed E-state index contributed by atoms with van der Waals surface area (Å²) in [4.78, 5) is 16.4. The number of fused-ring (bicyclic) bond motifs is 1. The van der Waals surface area contributed by atoms with Crippen LogP contribution >= 0.6 is 23.2 Å². The van der Waals surface area contributed by atoms with Crippen molar-refractivity contribution in [2.75, 3.05) is 0 Å².